The summed E-state index contributed by atoms with van der Waals surface area (Å²) in [6.45, 7) is 3.57. The van der Waals surface area contributed by atoms with Gasteiger partial charge in [-0.1, -0.05) is 24.3 Å². The molecule has 0 amide bonds. The molecule has 21 heavy (non-hydrogen) atoms. The molecule has 2 aromatic rings. The van der Waals surface area contributed by atoms with Gasteiger partial charge in [-0.2, -0.15) is 13.2 Å². The summed E-state index contributed by atoms with van der Waals surface area (Å²) >= 11 is 0. The highest BCUT2D eigenvalue weighted by molar-refractivity contribution is 5.41. The first kappa shape index (κ1) is 15.5. The van der Waals surface area contributed by atoms with Crippen LogP contribution in [0.15, 0.2) is 36.4 Å². The zero-order chi connectivity index (χ0) is 15.8. The van der Waals surface area contributed by atoms with Gasteiger partial charge in [-0.05, 0) is 48.2 Å². The Morgan fingerprint density at radius 3 is 2.05 bits per heavy atom. The van der Waals surface area contributed by atoms with E-state index in [-0.39, 0.29) is 5.56 Å². The molecule has 5 heteroatoms. The number of benzene rings is 2. The number of aryl methyl sites for hydroxylation is 2. The number of aliphatic hydroxyl groups is 1. The molecule has 0 aliphatic carbocycles. The second-order valence-corrected chi connectivity index (χ2v) is 4.95. The molecule has 0 heterocycles. The smallest absolute Gasteiger partial charge is 0.384 e. The topological polar surface area (TPSA) is 20.2 Å². The molecule has 0 aromatic heterocycles. The van der Waals surface area contributed by atoms with E-state index in [1.807, 2.05) is 6.07 Å². The monoisotopic (exact) mass is 298 g/mol. The van der Waals surface area contributed by atoms with E-state index in [4.69, 9.17) is 0 Å². The standard InChI is InChI=1S/C16H14F4O/c1-9-4-3-5-10(2)14(9)15(21)11-6-7-12(13(17)8-11)16(18,19)20/h3-8,15,21H,1-2H3. The van der Waals surface area contributed by atoms with Gasteiger partial charge in [-0.15, -0.1) is 0 Å². The van der Waals surface area contributed by atoms with Crippen LogP contribution in [-0.2, 0) is 6.18 Å². The van der Waals surface area contributed by atoms with Crippen LogP contribution in [0.2, 0.25) is 0 Å². The van der Waals surface area contributed by atoms with Crippen molar-refractivity contribution in [1.82, 2.24) is 0 Å². The summed E-state index contributed by atoms with van der Waals surface area (Å²) < 4.78 is 51.2. The molecule has 1 nitrogen and oxygen atoms in total. The van der Waals surface area contributed by atoms with Gasteiger partial charge in [0.1, 0.15) is 11.9 Å². The molecule has 1 unspecified atom stereocenters. The minimum absolute atomic E-state index is 0.0953. The minimum atomic E-state index is -4.74. The molecule has 0 bridgehead atoms. The summed E-state index contributed by atoms with van der Waals surface area (Å²) in [4.78, 5) is 0. The Morgan fingerprint density at radius 2 is 1.57 bits per heavy atom. The quantitative estimate of drug-likeness (QED) is 0.807. The molecule has 1 atom stereocenters. The van der Waals surface area contributed by atoms with Crippen LogP contribution < -0.4 is 0 Å². The van der Waals surface area contributed by atoms with Crippen molar-refractivity contribution >= 4 is 0 Å². The predicted octanol–water partition coefficient (Wildman–Crippen LogP) is 4.54. The van der Waals surface area contributed by atoms with E-state index in [2.05, 4.69) is 0 Å². The normalized spacial score (nSPS) is 13.3. The SMILES string of the molecule is Cc1cccc(C)c1C(O)c1ccc(C(F)(F)F)c(F)c1. The molecule has 0 saturated carbocycles. The third-order valence-corrected chi connectivity index (χ3v) is 3.43. The fraction of sp³-hybridized carbons (Fsp3) is 0.250. The molecule has 0 saturated heterocycles. The average molecular weight is 298 g/mol. The molecule has 0 aliphatic rings. The highest BCUT2D eigenvalue weighted by Gasteiger charge is 2.34. The molecule has 1 N–H and O–H groups in total. The Kier molecular flexibility index (Phi) is 4.05. The van der Waals surface area contributed by atoms with Gasteiger partial charge in [0, 0.05) is 0 Å². The van der Waals surface area contributed by atoms with Gasteiger partial charge >= 0.3 is 6.18 Å². The van der Waals surface area contributed by atoms with E-state index in [9.17, 15) is 22.7 Å². The molecular weight excluding hydrogens is 284 g/mol. The maximum atomic E-state index is 13.6. The van der Waals surface area contributed by atoms with Gasteiger partial charge in [0.15, 0.2) is 0 Å². The van der Waals surface area contributed by atoms with Crippen molar-refractivity contribution in [2.75, 3.05) is 0 Å². The lowest BCUT2D eigenvalue weighted by atomic mass is 9.93. The molecule has 0 spiro atoms. The van der Waals surface area contributed by atoms with Crippen molar-refractivity contribution in [1.29, 1.82) is 0 Å². The first-order chi connectivity index (χ1) is 9.71. The summed E-state index contributed by atoms with van der Waals surface area (Å²) in [5.74, 6) is -1.38. The summed E-state index contributed by atoms with van der Waals surface area (Å²) in [5, 5.41) is 10.3. The summed E-state index contributed by atoms with van der Waals surface area (Å²) in [6, 6.07) is 7.87. The largest absolute Gasteiger partial charge is 0.419 e. The van der Waals surface area contributed by atoms with E-state index in [1.54, 1.807) is 26.0 Å². The fourth-order valence-electron chi connectivity index (χ4n) is 2.36. The van der Waals surface area contributed by atoms with Gasteiger partial charge in [0.25, 0.3) is 0 Å². The minimum Gasteiger partial charge on any atom is -0.384 e. The number of rotatable bonds is 2. The van der Waals surface area contributed by atoms with Gasteiger partial charge in [0.05, 0.1) is 5.56 Å². The molecular formula is C16H14F4O. The first-order valence-corrected chi connectivity index (χ1v) is 6.32. The van der Waals surface area contributed by atoms with Crippen LogP contribution in [0.25, 0.3) is 0 Å². The Morgan fingerprint density at radius 1 is 1.00 bits per heavy atom. The van der Waals surface area contributed by atoms with Gasteiger partial charge < -0.3 is 5.11 Å². The number of aliphatic hydroxyl groups excluding tert-OH is 1. The Labute approximate surface area is 119 Å². The first-order valence-electron chi connectivity index (χ1n) is 6.32. The second-order valence-electron chi connectivity index (χ2n) is 4.95. The molecule has 2 aromatic carbocycles. The third kappa shape index (κ3) is 3.08. The van der Waals surface area contributed by atoms with Gasteiger partial charge in [-0.3, -0.25) is 0 Å². The number of alkyl halides is 3. The van der Waals surface area contributed by atoms with Crippen LogP contribution in [0.4, 0.5) is 17.6 Å². The second kappa shape index (κ2) is 5.48. The lowest BCUT2D eigenvalue weighted by molar-refractivity contribution is -0.140. The summed E-state index contributed by atoms with van der Waals surface area (Å²) in [7, 11) is 0. The molecule has 112 valence electrons. The van der Waals surface area contributed by atoms with E-state index in [0.717, 1.165) is 23.3 Å². The van der Waals surface area contributed by atoms with Crippen molar-refractivity contribution < 1.29 is 22.7 Å². The van der Waals surface area contributed by atoms with Crippen molar-refractivity contribution in [3.8, 4) is 0 Å². The van der Waals surface area contributed by atoms with Gasteiger partial charge in [0.2, 0.25) is 0 Å². The summed E-state index contributed by atoms with van der Waals surface area (Å²) in [6.07, 6.45) is -5.91. The number of halogens is 4. The van der Waals surface area contributed by atoms with E-state index in [0.29, 0.717) is 11.6 Å². The Bertz CT molecular complexity index is 642. The lowest BCUT2D eigenvalue weighted by Crippen LogP contribution is -2.10. The highest BCUT2D eigenvalue weighted by Crippen LogP contribution is 2.34. The Balaban J connectivity index is 2.46. The fourth-order valence-corrected chi connectivity index (χ4v) is 2.36. The number of hydrogen-bond donors (Lipinski definition) is 1. The van der Waals surface area contributed by atoms with Crippen molar-refractivity contribution in [3.63, 3.8) is 0 Å². The maximum Gasteiger partial charge on any atom is 0.419 e. The van der Waals surface area contributed by atoms with Crippen molar-refractivity contribution in [2.24, 2.45) is 0 Å². The van der Waals surface area contributed by atoms with Crippen LogP contribution >= 0.6 is 0 Å². The Hall–Kier alpha value is -1.88. The summed E-state index contributed by atoms with van der Waals surface area (Å²) in [5.41, 5.74) is 0.931. The van der Waals surface area contributed by atoms with Crippen LogP contribution in [0.5, 0.6) is 0 Å². The number of hydrogen-bond acceptors (Lipinski definition) is 1. The third-order valence-electron chi connectivity index (χ3n) is 3.43. The average Bonchev–Trinajstić information content (AvgIpc) is 2.36. The van der Waals surface area contributed by atoms with Crippen LogP contribution in [0.3, 0.4) is 0 Å². The van der Waals surface area contributed by atoms with Crippen molar-refractivity contribution in [3.05, 3.63) is 70.0 Å². The molecule has 2 rings (SSSR count). The molecule has 0 radical (unpaired) electrons. The van der Waals surface area contributed by atoms with E-state index < -0.39 is 23.7 Å². The molecule has 0 fully saturated rings. The molecule has 0 aliphatic heterocycles. The van der Waals surface area contributed by atoms with Gasteiger partial charge in [-0.25, -0.2) is 4.39 Å². The predicted molar refractivity (Wildman–Crippen MR) is 71.4 cm³/mol. The zero-order valence-corrected chi connectivity index (χ0v) is 11.5. The lowest BCUT2D eigenvalue weighted by Gasteiger charge is -2.18. The van der Waals surface area contributed by atoms with E-state index in [1.165, 1.54) is 0 Å². The zero-order valence-electron chi connectivity index (χ0n) is 11.5. The highest BCUT2D eigenvalue weighted by atomic mass is 19.4. The van der Waals surface area contributed by atoms with E-state index >= 15 is 0 Å². The van der Waals surface area contributed by atoms with Crippen LogP contribution in [0.1, 0.15) is 33.9 Å². The van der Waals surface area contributed by atoms with Crippen molar-refractivity contribution in [2.45, 2.75) is 26.1 Å². The maximum absolute atomic E-state index is 13.6. The van der Waals surface area contributed by atoms with Crippen LogP contribution in [0, 0.1) is 19.7 Å². The van der Waals surface area contributed by atoms with Crippen LogP contribution in [-0.4, -0.2) is 5.11 Å².